The third-order valence-electron chi connectivity index (χ3n) is 4.32. The lowest BCUT2D eigenvalue weighted by Crippen LogP contribution is -2.07. The summed E-state index contributed by atoms with van der Waals surface area (Å²) in [4.78, 5) is 8.46. The molecule has 0 unspecified atom stereocenters. The first-order chi connectivity index (χ1) is 12.0. The summed E-state index contributed by atoms with van der Waals surface area (Å²) in [7, 11) is 1.54. The number of halogens is 3. The van der Waals surface area contributed by atoms with Gasteiger partial charge in [-0.1, -0.05) is 6.07 Å². The Labute approximate surface area is 141 Å². The summed E-state index contributed by atoms with van der Waals surface area (Å²) in [6, 6.07) is 9.44. The Morgan fingerprint density at radius 2 is 1.92 bits per heavy atom. The molecule has 1 aromatic heterocycles. The second kappa shape index (κ2) is 5.58. The summed E-state index contributed by atoms with van der Waals surface area (Å²) in [6.45, 7) is 0.262. The lowest BCUT2D eigenvalue weighted by molar-refractivity contribution is -0.137. The molecule has 0 saturated heterocycles. The fourth-order valence-electron chi connectivity index (χ4n) is 3.16. The molecule has 3 aromatic rings. The van der Waals surface area contributed by atoms with Gasteiger partial charge in [-0.3, -0.25) is 9.98 Å². The Balaban J connectivity index is 2.04. The number of aliphatic imine (C=N–C) groups is 1. The maximum atomic E-state index is 13.3. The minimum Gasteiger partial charge on any atom is -0.494 e. The second-order valence-corrected chi connectivity index (χ2v) is 5.78. The maximum Gasteiger partial charge on any atom is 0.416 e. The average molecular weight is 342 g/mol. The second-order valence-electron chi connectivity index (χ2n) is 5.78. The van der Waals surface area contributed by atoms with Gasteiger partial charge in [0.2, 0.25) is 0 Å². The van der Waals surface area contributed by atoms with Crippen molar-refractivity contribution < 1.29 is 17.9 Å². The predicted octanol–water partition coefficient (Wildman–Crippen LogP) is 4.86. The minimum absolute atomic E-state index is 0.262. The Morgan fingerprint density at radius 3 is 2.68 bits per heavy atom. The van der Waals surface area contributed by atoms with Gasteiger partial charge in [0.15, 0.2) is 0 Å². The highest BCUT2D eigenvalue weighted by molar-refractivity contribution is 6.03. The minimum atomic E-state index is -4.41. The monoisotopic (exact) mass is 342 g/mol. The molecule has 0 bridgehead atoms. The zero-order valence-corrected chi connectivity index (χ0v) is 13.3. The summed E-state index contributed by atoms with van der Waals surface area (Å²) in [5, 5.41) is 0.740. The number of alkyl halides is 3. The fourth-order valence-corrected chi connectivity index (χ4v) is 3.16. The smallest absolute Gasteiger partial charge is 0.416 e. The lowest BCUT2D eigenvalue weighted by Gasteiger charge is -2.15. The van der Waals surface area contributed by atoms with Gasteiger partial charge in [-0.2, -0.15) is 13.2 Å². The Hall–Kier alpha value is -2.89. The summed E-state index contributed by atoms with van der Waals surface area (Å²) >= 11 is 0. The Bertz CT molecular complexity index is 1010. The number of rotatable bonds is 2. The van der Waals surface area contributed by atoms with Gasteiger partial charge in [-0.15, -0.1) is 0 Å². The van der Waals surface area contributed by atoms with Gasteiger partial charge in [0.05, 0.1) is 19.2 Å². The van der Waals surface area contributed by atoms with E-state index in [0.717, 1.165) is 10.9 Å². The van der Waals surface area contributed by atoms with E-state index in [2.05, 4.69) is 9.98 Å². The van der Waals surface area contributed by atoms with Crippen LogP contribution in [0.2, 0.25) is 0 Å². The van der Waals surface area contributed by atoms with E-state index < -0.39 is 11.7 Å². The standard InChI is InChI=1S/C19H13F3N2O/c1-25-17-5-4-13(14-3-2-6-24-18(14)17)15-8-12(19(20,21)22)7-11-9-23-10-16(11)15/h2-8,10H,9H2,1H3. The number of nitrogens with zero attached hydrogens (tertiary/aromatic N) is 2. The van der Waals surface area contributed by atoms with Crippen LogP contribution >= 0.6 is 0 Å². The molecule has 25 heavy (non-hydrogen) atoms. The Morgan fingerprint density at radius 1 is 1.08 bits per heavy atom. The largest absolute Gasteiger partial charge is 0.494 e. The van der Waals surface area contributed by atoms with Crippen LogP contribution in [0.1, 0.15) is 16.7 Å². The van der Waals surface area contributed by atoms with Crippen LogP contribution in [0.25, 0.3) is 22.0 Å². The van der Waals surface area contributed by atoms with E-state index in [1.54, 1.807) is 30.6 Å². The van der Waals surface area contributed by atoms with Crippen molar-refractivity contribution >= 4 is 17.1 Å². The molecule has 0 saturated carbocycles. The molecule has 0 amide bonds. The van der Waals surface area contributed by atoms with Gasteiger partial charge in [0.25, 0.3) is 0 Å². The van der Waals surface area contributed by atoms with E-state index in [1.165, 1.54) is 19.2 Å². The van der Waals surface area contributed by atoms with Gasteiger partial charge in [-0.05, 0) is 47.0 Å². The number of benzene rings is 2. The highest BCUT2D eigenvalue weighted by atomic mass is 19.4. The van der Waals surface area contributed by atoms with Crippen molar-refractivity contribution in [3.63, 3.8) is 0 Å². The van der Waals surface area contributed by atoms with E-state index >= 15 is 0 Å². The van der Waals surface area contributed by atoms with Gasteiger partial charge in [-0.25, -0.2) is 0 Å². The molecule has 1 aliphatic rings. The topological polar surface area (TPSA) is 34.5 Å². The van der Waals surface area contributed by atoms with Crippen LogP contribution in [0.4, 0.5) is 13.2 Å². The number of hydrogen-bond acceptors (Lipinski definition) is 3. The molecule has 1 aliphatic heterocycles. The molecule has 126 valence electrons. The van der Waals surface area contributed by atoms with Crippen molar-refractivity contribution in [3.05, 3.63) is 59.3 Å². The summed E-state index contributed by atoms with van der Waals surface area (Å²) < 4.78 is 45.3. The lowest BCUT2D eigenvalue weighted by atomic mass is 9.92. The number of ether oxygens (including phenoxy) is 1. The molecule has 0 atom stereocenters. The van der Waals surface area contributed by atoms with Gasteiger partial charge in [0.1, 0.15) is 11.3 Å². The molecule has 0 fully saturated rings. The van der Waals surface area contributed by atoms with E-state index in [-0.39, 0.29) is 6.54 Å². The summed E-state index contributed by atoms with van der Waals surface area (Å²) in [6.07, 6.45) is -1.14. The van der Waals surface area contributed by atoms with Crippen LogP contribution < -0.4 is 4.74 Å². The van der Waals surface area contributed by atoms with Crippen molar-refractivity contribution in [1.82, 2.24) is 4.98 Å². The van der Waals surface area contributed by atoms with Gasteiger partial charge < -0.3 is 4.74 Å². The molecule has 2 aromatic carbocycles. The number of fused-ring (bicyclic) bond motifs is 2. The molecular weight excluding hydrogens is 329 g/mol. The first-order valence-corrected chi connectivity index (χ1v) is 7.65. The third-order valence-corrected chi connectivity index (χ3v) is 4.32. The first-order valence-electron chi connectivity index (χ1n) is 7.65. The number of pyridine rings is 1. The summed E-state index contributed by atoms with van der Waals surface area (Å²) in [5.74, 6) is 0.580. The molecule has 0 spiro atoms. The number of aromatic nitrogens is 1. The van der Waals surface area contributed by atoms with Crippen LogP contribution in [-0.4, -0.2) is 18.3 Å². The van der Waals surface area contributed by atoms with Crippen molar-refractivity contribution in [1.29, 1.82) is 0 Å². The first kappa shape index (κ1) is 15.6. The Kier molecular flexibility index (Phi) is 3.49. The predicted molar refractivity (Wildman–Crippen MR) is 90.0 cm³/mol. The van der Waals surface area contributed by atoms with Crippen LogP contribution in [-0.2, 0) is 12.7 Å². The maximum absolute atomic E-state index is 13.3. The van der Waals surface area contributed by atoms with E-state index in [4.69, 9.17) is 4.74 Å². The molecule has 0 aliphatic carbocycles. The van der Waals surface area contributed by atoms with E-state index in [0.29, 0.717) is 28.0 Å². The van der Waals surface area contributed by atoms with Gasteiger partial charge in [0, 0.05) is 23.4 Å². The molecule has 4 rings (SSSR count). The van der Waals surface area contributed by atoms with Crippen molar-refractivity contribution in [2.24, 2.45) is 4.99 Å². The number of methoxy groups -OCH3 is 1. The van der Waals surface area contributed by atoms with E-state index in [9.17, 15) is 13.2 Å². The molecular formula is C19H13F3N2O. The molecule has 2 heterocycles. The number of hydrogen-bond donors (Lipinski definition) is 0. The van der Waals surface area contributed by atoms with E-state index in [1.807, 2.05) is 6.07 Å². The zero-order valence-electron chi connectivity index (χ0n) is 13.3. The highest BCUT2D eigenvalue weighted by Gasteiger charge is 2.33. The molecule has 0 N–H and O–H groups in total. The van der Waals surface area contributed by atoms with Crippen LogP contribution in [0.15, 0.2) is 47.6 Å². The van der Waals surface area contributed by atoms with Crippen molar-refractivity contribution in [3.8, 4) is 16.9 Å². The third kappa shape index (κ3) is 2.54. The van der Waals surface area contributed by atoms with Crippen LogP contribution in [0, 0.1) is 0 Å². The average Bonchev–Trinajstić information content (AvgIpc) is 3.08. The fraction of sp³-hybridized carbons (Fsp3) is 0.158. The molecule has 0 radical (unpaired) electrons. The normalized spacial score (nSPS) is 13.3. The zero-order chi connectivity index (χ0) is 17.6. The highest BCUT2D eigenvalue weighted by Crippen LogP contribution is 2.40. The quantitative estimate of drug-likeness (QED) is 0.666. The van der Waals surface area contributed by atoms with Gasteiger partial charge >= 0.3 is 6.18 Å². The van der Waals surface area contributed by atoms with Crippen molar-refractivity contribution in [2.45, 2.75) is 12.7 Å². The van der Waals surface area contributed by atoms with Crippen LogP contribution in [0.5, 0.6) is 5.75 Å². The molecule has 6 heteroatoms. The summed E-state index contributed by atoms with van der Waals surface area (Å²) in [5.41, 5.74) is 2.44. The SMILES string of the molecule is COc1ccc(-c2cc(C(F)(F)F)cc3c2C=NC3)c2cccnc12. The van der Waals surface area contributed by atoms with Crippen LogP contribution in [0.3, 0.4) is 0 Å². The van der Waals surface area contributed by atoms with Crippen molar-refractivity contribution in [2.75, 3.05) is 7.11 Å². The molecule has 3 nitrogen and oxygen atoms in total.